The zero-order valence-electron chi connectivity index (χ0n) is 13.2. The van der Waals surface area contributed by atoms with Crippen molar-refractivity contribution in [1.82, 2.24) is 9.97 Å². The first-order valence-electron chi connectivity index (χ1n) is 7.47. The first-order chi connectivity index (χ1) is 10.6. The third-order valence-corrected chi connectivity index (χ3v) is 4.23. The SMILES string of the molecule is CCc1cccc(CC)c1NC(=O)CSc1nccc(C)n1. The van der Waals surface area contributed by atoms with Crippen LogP contribution >= 0.6 is 11.8 Å². The highest BCUT2D eigenvalue weighted by molar-refractivity contribution is 7.99. The lowest BCUT2D eigenvalue weighted by Gasteiger charge is -2.14. The molecule has 5 heteroatoms. The Bertz CT molecular complexity index is 636. The van der Waals surface area contributed by atoms with Crippen molar-refractivity contribution in [2.45, 2.75) is 38.8 Å². The summed E-state index contributed by atoms with van der Waals surface area (Å²) in [4.78, 5) is 20.7. The number of aromatic nitrogens is 2. The minimum absolute atomic E-state index is 0.0225. The Hall–Kier alpha value is -1.88. The number of benzene rings is 1. The second-order valence-electron chi connectivity index (χ2n) is 4.98. The van der Waals surface area contributed by atoms with Gasteiger partial charge in [-0.1, -0.05) is 43.8 Å². The van der Waals surface area contributed by atoms with Gasteiger partial charge in [-0.2, -0.15) is 0 Å². The molecule has 22 heavy (non-hydrogen) atoms. The molecule has 1 heterocycles. The van der Waals surface area contributed by atoms with E-state index in [9.17, 15) is 4.79 Å². The quantitative estimate of drug-likeness (QED) is 0.653. The van der Waals surface area contributed by atoms with E-state index in [1.165, 1.54) is 22.9 Å². The Kier molecular flexibility index (Phi) is 5.95. The van der Waals surface area contributed by atoms with Gasteiger partial charge in [-0.15, -0.1) is 0 Å². The van der Waals surface area contributed by atoms with Crippen LogP contribution in [0.15, 0.2) is 35.6 Å². The molecule has 4 nitrogen and oxygen atoms in total. The molecule has 1 amide bonds. The highest BCUT2D eigenvalue weighted by Crippen LogP contribution is 2.23. The van der Waals surface area contributed by atoms with Crippen molar-refractivity contribution < 1.29 is 4.79 Å². The monoisotopic (exact) mass is 315 g/mol. The van der Waals surface area contributed by atoms with Crippen LogP contribution < -0.4 is 5.32 Å². The third-order valence-electron chi connectivity index (χ3n) is 3.37. The Labute approximate surface area is 135 Å². The molecule has 1 N–H and O–H groups in total. The normalized spacial score (nSPS) is 10.5. The zero-order valence-corrected chi connectivity index (χ0v) is 14.0. The molecular formula is C17H21N3OS. The number of carbonyl (C=O) groups is 1. The van der Waals surface area contributed by atoms with E-state index < -0.39 is 0 Å². The van der Waals surface area contributed by atoms with Gasteiger partial charge in [0.2, 0.25) is 5.91 Å². The molecule has 1 aromatic heterocycles. The van der Waals surface area contributed by atoms with Crippen LogP contribution in [-0.2, 0) is 17.6 Å². The smallest absolute Gasteiger partial charge is 0.234 e. The molecule has 0 saturated carbocycles. The second-order valence-corrected chi connectivity index (χ2v) is 5.92. The van der Waals surface area contributed by atoms with Gasteiger partial charge in [0, 0.05) is 17.6 Å². The zero-order chi connectivity index (χ0) is 15.9. The van der Waals surface area contributed by atoms with E-state index in [0.717, 1.165) is 24.2 Å². The average Bonchev–Trinajstić information content (AvgIpc) is 2.53. The van der Waals surface area contributed by atoms with Crippen LogP contribution in [0.2, 0.25) is 0 Å². The number of para-hydroxylation sites is 1. The first-order valence-corrected chi connectivity index (χ1v) is 8.45. The predicted molar refractivity (Wildman–Crippen MR) is 91.3 cm³/mol. The van der Waals surface area contributed by atoms with Gasteiger partial charge in [-0.3, -0.25) is 4.79 Å². The van der Waals surface area contributed by atoms with Gasteiger partial charge < -0.3 is 5.32 Å². The number of rotatable bonds is 6. The van der Waals surface area contributed by atoms with E-state index in [1.807, 2.05) is 19.1 Å². The summed E-state index contributed by atoms with van der Waals surface area (Å²) in [7, 11) is 0. The number of nitrogens with zero attached hydrogens (tertiary/aromatic N) is 2. The molecule has 0 spiro atoms. The van der Waals surface area contributed by atoms with Crippen molar-refractivity contribution in [1.29, 1.82) is 0 Å². The molecule has 1 aromatic carbocycles. The van der Waals surface area contributed by atoms with Gasteiger partial charge in [0.15, 0.2) is 5.16 Å². The molecule has 0 aliphatic rings. The van der Waals surface area contributed by atoms with Gasteiger partial charge in [0.1, 0.15) is 0 Å². The summed E-state index contributed by atoms with van der Waals surface area (Å²) in [5.41, 5.74) is 4.21. The number of hydrogen-bond donors (Lipinski definition) is 1. The number of hydrogen-bond acceptors (Lipinski definition) is 4. The van der Waals surface area contributed by atoms with Gasteiger partial charge in [-0.25, -0.2) is 9.97 Å². The number of nitrogens with one attached hydrogen (secondary N) is 1. The van der Waals surface area contributed by atoms with Crippen LogP contribution in [0.4, 0.5) is 5.69 Å². The maximum atomic E-state index is 12.2. The van der Waals surface area contributed by atoms with Crippen LogP contribution in [0.5, 0.6) is 0 Å². The Morgan fingerprint density at radius 3 is 2.45 bits per heavy atom. The van der Waals surface area contributed by atoms with Gasteiger partial charge in [-0.05, 0) is 37.0 Å². The summed E-state index contributed by atoms with van der Waals surface area (Å²) in [6.45, 7) is 6.11. The molecule has 0 unspecified atom stereocenters. The fourth-order valence-electron chi connectivity index (χ4n) is 2.20. The summed E-state index contributed by atoms with van der Waals surface area (Å²) < 4.78 is 0. The highest BCUT2D eigenvalue weighted by atomic mass is 32.2. The maximum absolute atomic E-state index is 12.2. The summed E-state index contributed by atoms with van der Waals surface area (Å²) in [6, 6.07) is 8.01. The van der Waals surface area contributed by atoms with Crippen LogP contribution in [0.25, 0.3) is 0 Å². The van der Waals surface area contributed by atoms with Crippen LogP contribution in [0.1, 0.15) is 30.7 Å². The van der Waals surface area contributed by atoms with Crippen LogP contribution in [-0.4, -0.2) is 21.6 Å². The largest absolute Gasteiger partial charge is 0.325 e. The predicted octanol–water partition coefficient (Wildman–Crippen LogP) is 3.64. The van der Waals surface area contributed by atoms with Crippen LogP contribution in [0.3, 0.4) is 0 Å². The lowest BCUT2D eigenvalue weighted by atomic mass is 10.0. The third kappa shape index (κ3) is 4.31. The summed E-state index contributed by atoms with van der Waals surface area (Å²) in [5.74, 6) is 0.288. The molecular weight excluding hydrogens is 294 g/mol. The Morgan fingerprint density at radius 1 is 1.18 bits per heavy atom. The number of aryl methyl sites for hydroxylation is 3. The summed E-state index contributed by atoms with van der Waals surface area (Å²) in [5, 5.41) is 3.68. The van der Waals surface area contributed by atoms with Crippen molar-refractivity contribution in [3.63, 3.8) is 0 Å². The second kappa shape index (κ2) is 7.94. The minimum Gasteiger partial charge on any atom is -0.325 e. The lowest BCUT2D eigenvalue weighted by Crippen LogP contribution is -2.17. The summed E-state index contributed by atoms with van der Waals surface area (Å²) >= 11 is 1.35. The van der Waals surface area contributed by atoms with E-state index in [1.54, 1.807) is 6.20 Å². The fraction of sp³-hybridized carbons (Fsp3) is 0.353. The molecule has 0 bridgehead atoms. The first kappa shape index (κ1) is 16.5. The molecule has 0 atom stereocenters. The van der Waals surface area contributed by atoms with E-state index in [0.29, 0.717) is 10.9 Å². The van der Waals surface area contributed by atoms with E-state index in [4.69, 9.17) is 0 Å². The van der Waals surface area contributed by atoms with E-state index in [-0.39, 0.29) is 5.91 Å². The fourth-order valence-corrected chi connectivity index (χ4v) is 2.88. The van der Waals surface area contributed by atoms with Gasteiger partial charge in [0.05, 0.1) is 5.75 Å². The number of thioether (sulfide) groups is 1. The van der Waals surface area contributed by atoms with Crippen molar-refractivity contribution in [3.05, 3.63) is 47.3 Å². The molecule has 116 valence electrons. The van der Waals surface area contributed by atoms with Crippen molar-refractivity contribution >= 4 is 23.4 Å². The topological polar surface area (TPSA) is 54.9 Å². The molecule has 0 aliphatic carbocycles. The molecule has 0 fully saturated rings. The molecule has 0 saturated heterocycles. The molecule has 0 radical (unpaired) electrons. The number of anilines is 1. The summed E-state index contributed by atoms with van der Waals surface area (Å²) in [6.07, 6.45) is 3.51. The highest BCUT2D eigenvalue weighted by Gasteiger charge is 2.11. The van der Waals surface area contributed by atoms with E-state index in [2.05, 4.69) is 41.3 Å². The van der Waals surface area contributed by atoms with Gasteiger partial charge in [0.25, 0.3) is 0 Å². The average molecular weight is 315 g/mol. The number of amides is 1. The molecule has 0 aliphatic heterocycles. The maximum Gasteiger partial charge on any atom is 0.234 e. The standard InChI is InChI=1S/C17H21N3OS/c1-4-13-7-6-8-14(5-2)16(13)20-15(21)11-22-17-18-10-9-12(3)19-17/h6-10H,4-5,11H2,1-3H3,(H,20,21). The molecule has 2 rings (SSSR count). The lowest BCUT2D eigenvalue weighted by molar-refractivity contribution is -0.113. The van der Waals surface area contributed by atoms with Gasteiger partial charge >= 0.3 is 0 Å². The Morgan fingerprint density at radius 2 is 1.86 bits per heavy atom. The van der Waals surface area contributed by atoms with Crippen molar-refractivity contribution in [2.75, 3.05) is 11.1 Å². The Balaban J connectivity index is 2.03. The minimum atomic E-state index is -0.0225. The van der Waals surface area contributed by atoms with Crippen LogP contribution in [0, 0.1) is 6.92 Å². The van der Waals surface area contributed by atoms with E-state index >= 15 is 0 Å². The van der Waals surface area contributed by atoms with Crippen molar-refractivity contribution in [2.24, 2.45) is 0 Å². The molecule has 2 aromatic rings. The van der Waals surface area contributed by atoms with Crippen molar-refractivity contribution in [3.8, 4) is 0 Å². The number of carbonyl (C=O) groups excluding carboxylic acids is 1.